The van der Waals surface area contributed by atoms with Gasteiger partial charge in [-0.15, -0.1) is 0 Å². The van der Waals surface area contributed by atoms with Crippen LogP contribution in [0.25, 0.3) is 22.1 Å². The second-order valence-electron chi connectivity index (χ2n) is 6.39. The third-order valence-electron chi connectivity index (χ3n) is 4.63. The number of para-hydroxylation sites is 4. The molecule has 0 saturated heterocycles. The first-order valence-corrected chi connectivity index (χ1v) is 10.2. The van der Waals surface area contributed by atoms with Crippen molar-refractivity contribution in [2.75, 3.05) is 6.26 Å². The van der Waals surface area contributed by atoms with Crippen molar-refractivity contribution in [2.45, 2.75) is 18.8 Å². The molecule has 7 heteroatoms. The van der Waals surface area contributed by atoms with Crippen LogP contribution in [0.4, 0.5) is 0 Å². The van der Waals surface area contributed by atoms with E-state index in [-0.39, 0.29) is 12.5 Å². The second kappa shape index (κ2) is 7.44. The number of fused-ring (bicyclic) bond motifs is 2. The molecule has 0 spiro atoms. The quantitative estimate of drug-likeness (QED) is 0.559. The number of imidazole rings is 2. The van der Waals surface area contributed by atoms with Crippen LogP contribution in [0.1, 0.15) is 11.6 Å². The standard InChI is InChI=1S/C20H21N5OS/c1-24-16-9-5-3-7-14(16)22-18(24)11-21-20(26)12-25-17-10-6-4-8-15(17)23-19(25)13-27-2/h3-10H,11-13H2,1-2H3,(H,21,26). The SMILES string of the molecule is CSCc1nc2ccccc2n1CC(=O)NCc1nc2ccccc2n1C. The van der Waals surface area contributed by atoms with Gasteiger partial charge >= 0.3 is 0 Å². The van der Waals surface area contributed by atoms with Crippen LogP contribution >= 0.6 is 11.8 Å². The van der Waals surface area contributed by atoms with E-state index in [0.29, 0.717) is 6.54 Å². The van der Waals surface area contributed by atoms with Gasteiger partial charge in [0.25, 0.3) is 0 Å². The summed E-state index contributed by atoms with van der Waals surface area (Å²) in [5, 5.41) is 3.00. The van der Waals surface area contributed by atoms with Crippen molar-refractivity contribution in [3.05, 3.63) is 60.2 Å². The normalized spacial score (nSPS) is 11.3. The fourth-order valence-corrected chi connectivity index (χ4v) is 3.75. The summed E-state index contributed by atoms with van der Waals surface area (Å²) in [7, 11) is 1.97. The number of thioether (sulfide) groups is 1. The van der Waals surface area contributed by atoms with Crippen LogP contribution in [0.2, 0.25) is 0 Å². The zero-order valence-corrected chi connectivity index (χ0v) is 16.2. The number of amides is 1. The molecule has 2 aromatic carbocycles. The predicted molar refractivity (Wildman–Crippen MR) is 110 cm³/mol. The maximum atomic E-state index is 12.6. The molecule has 4 rings (SSSR count). The van der Waals surface area contributed by atoms with Crippen molar-refractivity contribution in [3.8, 4) is 0 Å². The van der Waals surface area contributed by atoms with Crippen molar-refractivity contribution in [2.24, 2.45) is 7.05 Å². The highest BCUT2D eigenvalue weighted by Crippen LogP contribution is 2.19. The van der Waals surface area contributed by atoms with Gasteiger partial charge in [-0.2, -0.15) is 11.8 Å². The van der Waals surface area contributed by atoms with E-state index in [2.05, 4.69) is 15.3 Å². The summed E-state index contributed by atoms with van der Waals surface area (Å²) in [5.74, 6) is 2.48. The fraction of sp³-hybridized carbons (Fsp3) is 0.250. The minimum atomic E-state index is -0.0486. The van der Waals surface area contributed by atoms with E-state index in [4.69, 9.17) is 0 Å². The van der Waals surface area contributed by atoms with E-state index < -0.39 is 0 Å². The Balaban J connectivity index is 1.52. The number of aromatic nitrogens is 4. The van der Waals surface area contributed by atoms with Crippen molar-refractivity contribution in [1.29, 1.82) is 0 Å². The second-order valence-corrected chi connectivity index (χ2v) is 7.25. The Hall–Kier alpha value is -2.80. The van der Waals surface area contributed by atoms with Crippen LogP contribution in [0.15, 0.2) is 48.5 Å². The Morgan fingerprint density at radius 1 is 1.00 bits per heavy atom. The summed E-state index contributed by atoms with van der Waals surface area (Å²) < 4.78 is 4.01. The number of hydrogen-bond donors (Lipinski definition) is 1. The molecule has 0 aliphatic carbocycles. The number of hydrogen-bond acceptors (Lipinski definition) is 4. The molecule has 1 amide bonds. The average Bonchev–Trinajstić information content (AvgIpc) is 3.19. The lowest BCUT2D eigenvalue weighted by Gasteiger charge is -2.10. The Kier molecular flexibility index (Phi) is 4.85. The monoisotopic (exact) mass is 379 g/mol. The first-order valence-electron chi connectivity index (χ1n) is 8.77. The maximum absolute atomic E-state index is 12.6. The van der Waals surface area contributed by atoms with E-state index in [1.807, 2.05) is 71.0 Å². The van der Waals surface area contributed by atoms with Gasteiger partial charge in [-0.1, -0.05) is 24.3 Å². The minimum Gasteiger partial charge on any atom is -0.347 e. The summed E-state index contributed by atoms with van der Waals surface area (Å²) >= 11 is 1.70. The molecule has 0 saturated carbocycles. The number of nitrogens with zero attached hydrogens (tertiary/aromatic N) is 4. The number of benzene rings is 2. The molecule has 2 aromatic heterocycles. The van der Waals surface area contributed by atoms with Crippen molar-refractivity contribution in [3.63, 3.8) is 0 Å². The van der Waals surface area contributed by atoms with E-state index in [9.17, 15) is 4.79 Å². The molecule has 0 atom stereocenters. The van der Waals surface area contributed by atoms with Crippen LogP contribution in [-0.2, 0) is 30.7 Å². The average molecular weight is 379 g/mol. The van der Waals surface area contributed by atoms with Gasteiger partial charge in [0.2, 0.25) is 5.91 Å². The first-order chi connectivity index (χ1) is 13.2. The highest BCUT2D eigenvalue weighted by molar-refractivity contribution is 7.97. The summed E-state index contributed by atoms with van der Waals surface area (Å²) in [6, 6.07) is 15.9. The van der Waals surface area contributed by atoms with Gasteiger partial charge in [0.15, 0.2) is 0 Å². The van der Waals surface area contributed by atoms with Crippen LogP contribution in [-0.4, -0.2) is 31.3 Å². The number of nitrogens with one attached hydrogen (secondary N) is 1. The van der Waals surface area contributed by atoms with Crippen LogP contribution in [0, 0.1) is 0 Å². The lowest BCUT2D eigenvalue weighted by Crippen LogP contribution is -2.28. The smallest absolute Gasteiger partial charge is 0.240 e. The predicted octanol–water partition coefficient (Wildman–Crippen LogP) is 3.10. The minimum absolute atomic E-state index is 0.0486. The van der Waals surface area contributed by atoms with Crippen LogP contribution in [0.3, 0.4) is 0 Å². The molecule has 0 aliphatic rings. The molecule has 0 aliphatic heterocycles. The maximum Gasteiger partial charge on any atom is 0.240 e. The number of carbonyl (C=O) groups excluding carboxylic acids is 1. The van der Waals surface area contributed by atoms with Crippen LogP contribution < -0.4 is 5.32 Å². The van der Waals surface area contributed by atoms with E-state index in [1.54, 1.807) is 11.8 Å². The van der Waals surface area contributed by atoms with E-state index in [1.165, 1.54) is 0 Å². The molecule has 6 nitrogen and oxygen atoms in total. The molecule has 138 valence electrons. The highest BCUT2D eigenvalue weighted by atomic mass is 32.2. The van der Waals surface area contributed by atoms with Gasteiger partial charge in [0.05, 0.1) is 34.4 Å². The number of aryl methyl sites for hydroxylation is 1. The molecular formula is C20H21N5OS. The third kappa shape index (κ3) is 3.42. The van der Waals surface area contributed by atoms with Gasteiger partial charge in [-0.05, 0) is 30.5 Å². The molecule has 27 heavy (non-hydrogen) atoms. The van der Waals surface area contributed by atoms with Crippen molar-refractivity contribution >= 4 is 39.7 Å². The number of carbonyl (C=O) groups is 1. The van der Waals surface area contributed by atoms with Gasteiger partial charge in [0, 0.05) is 7.05 Å². The van der Waals surface area contributed by atoms with Crippen LogP contribution in [0.5, 0.6) is 0 Å². The lowest BCUT2D eigenvalue weighted by atomic mass is 10.3. The zero-order valence-electron chi connectivity index (χ0n) is 15.3. The first kappa shape index (κ1) is 17.6. The third-order valence-corrected chi connectivity index (χ3v) is 5.18. The zero-order chi connectivity index (χ0) is 18.8. The van der Waals surface area contributed by atoms with Gasteiger partial charge < -0.3 is 14.5 Å². The molecule has 0 fully saturated rings. The lowest BCUT2D eigenvalue weighted by molar-refractivity contribution is -0.121. The molecule has 2 heterocycles. The van der Waals surface area contributed by atoms with Gasteiger partial charge in [-0.3, -0.25) is 4.79 Å². The number of rotatable bonds is 6. The molecule has 1 N–H and O–H groups in total. The molecule has 0 unspecified atom stereocenters. The summed E-state index contributed by atoms with van der Waals surface area (Å²) in [5.41, 5.74) is 3.90. The summed E-state index contributed by atoms with van der Waals surface area (Å²) in [6.07, 6.45) is 2.04. The van der Waals surface area contributed by atoms with E-state index in [0.717, 1.165) is 39.5 Å². The largest absolute Gasteiger partial charge is 0.347 e. The molecule has 0 bridgehead atoms. The van der Waals surface area contributed by atoms with E-state index >= 15 is 0 Å². The highest BCUT2D eigenvalue weighted by Gasteiger charge is 2.14. The molecule has 4 aromatic rings. The Bertz CT molecular complexity index is 1110. The molecular weight excluding hydrogens is 358 g/mol. The van der Waals surface area contributed by atoms with Gasteiger partial charge in [-0.25, -0.2) is 9.97 Å². The summed E-state index contributed by atoms with van der Waals surface area (Å²) in [6.45, 7) is 0.648. The Morgan fingerprint density at radius 3 is 2.33 bits per heavy atom. The summed E-state index contributed by atoms with van der Waals surface area (Å²) in [4.78, 5) is 21.9. The Morgan fingerprint density at radius 2 is 1.63 bits per heavy atom. The molecule has 0 radical (unpaired) electrons. The van der Waals surface area contributed by atoms with Crippen molar-refractivity contribution < 1.29 is 4.79 Å². The van der Waals surface area contributed by atoms with Gasteiger partial charge in [0.1, 0.15) is 18.2 Å². The van der Waals surface area contributed by atoms with Crippen molar-refractivity contribution in [1.82, 2.24) is 24.4 Å². The Labute approximate surface area is 161 Å². The topological polar surface area (TPSA) is 64.7 Å². The fourth-order valence-electron chi connectivity index (χ4n) is 3.27.